The summed E-state index contributed by atoms with van der Waals surface area (Å²) in [6.45, 7) is 13.9. The Hall–Kier alpha value is 1.18. The maximum absolute atomic E-state index is 3.77. The minimum atomic E-state index is -1.27. The average molecular weight is 302 g/mol. The fourth-order valence-corrected chi connectivity index (χ4v) is 5.89. The van der Waals surface area contributed by atoms with Crippen LogP contribution in [-0.2, 0) is 0 Å². The Morgan fingerprint density at radius 2 is 1.00 bits per heavy atom. The first-order chi connectivity index (χ1) is 4.50. The van der Waals surface area contributed by atoms with Crippen LogP contribution in [0.5, 0.6) is 0 Å². The molecule has 11 heavy (non-hydrogen) atoms. The molecule has 0 fully saturated rings. The van der Waals surface area contributed by atoms with E-state index in [1.165, 1.54) is 0 Å². The quantitative estimate of drug-likeness (QED) is 0.532. The van der Waals surface area contributed by atoms with Gasteiger partial charge in [-0.25, -0.2) is 0 Å². The molecule has 0 heterocycles. The molecule has 0 amide bonds. The summed E-state index contributed by atoms with van der Waals surface area (Å²) in [6, 6.07) is 0. The van der Waals surface area contributed by atoms with E-state index in [2.05, 4.69) is 72.6 Å². The largest absolute Gasteiger partial charge is 0.0894 e. The molecule has 0 aliphatic carbocycles. The van der Waals surface area contributed by atoms with Gasteiger partial charge in [-0.1, -0.05) is 72.6 Å². The maximum Gasteiger partial charge on any atom is 0.0835 e. The molecule has 0 aromatic rings. The second-order valence-electron chi connectivity index (χ2n) is 4.57. The van der Waals surface area contributed by atoms with Gasteiger partial charge in [0.15, 0.2) is 0 Å². The van der Waals surface area contributed by atoms with Crippen LogP contribution in [-0.4, -0.2) is 16.0 Å². The van der Waals surface area contributed by atoms with Crippen LogP contribution >= 0.6 is 31.9 Å². The third-order valence-corrected chi connectivity index (χ3v) is 14.9. The molecule has 0 aliphatic rings. The zero-order valence-corrected chi connectivity index (χ0v) is 12.4. The second kappa shape index (κ2) is 3.15. The summed E-state index contributed by atoms with van der Waals surface area (Å²) in [6.07, 6.45) is 0. The van der Waals surface area contributed by atoms with Crippen LogP contribution in [0.2, 0.25) is 13.1 Å². The topological polar surface area (TPSA) is 0 Å². The number of hydrogen-bond acceptors (Lipinski definition) is 0. The van der Waals surface area contributed by atoms with E-state index in [-0.39, 0.29) is 7.90 Å². The molecule has 0 aromatic heterocycles. The molecule has 68 valence electrons. The first-order valence-electron chi connectivity index (χ1n) is 3.88. The van der Waals surface area contributed by atoms with Gasteiger partial charge in [0.2, 0.25) is 0 Å². The number of halogens is 2. The maximum atomic E-state index is 3.77. The molecule has 0 saturated heterocycles. The third kappa shape index (κ3) is 2.56. The Balaban J connectivity index is 4.75. The van der Waals surface area contributed by atoms with Crippen molar-refractivity contribution in [3.05, 3.63) is 0 Å². The van der Waals surface area contributed by atoms with E-state index in [0.717, 1.165) is 0 Å². The van der Waals surface area contributed by atoms with E-state index < -0.39 is 8.07 Å². The van der Waals surface area contributed by atoms with Crippen LogP contribution < -0.4 is 0 Å². The van der Waals surface area contributed by atoms with E-state index in [9.17, 15) is 0 Å². The zero-order chi connectivity index (χ0) is 9.50. The summed E-state index contributed by atoms with van der Waals surface area (Å²) in [5.74, 6) is 0. The first kappa shape index (κ1) is 12.2. The normalized spacial score (nSPS) is 15.3. The molecule has 0 aliphatic heterocycles. The SMILES string of the molecule is CC(C)(Br)[Si](C)(C)C(C)(C)Br. The minimum absolute atomic E-state index is 0.285. The van der Waals surface area contributed by atoms with Crippen LogP contribution in [0.3, 0.4) is 0 Å². The van der Waals surface area contributed by atoms with Crippen LogP contribution in [0.1, 0.15) is 27.7 Å². The lowest BCUT2D eigenvalue weighted by Gasteiger charge is -2.44. The van der Waals surface area contributed by atoms with Gasteiger partial charge in [-0.2, -0.15) is 0 Å². The molecule has 0 saturated carbocycles. The Morgan fingerprint density at radius 1 is 0.818 bits per heavy atom. The van der Waals surface area contributed by atoms with Crippen molar-refractivity contribution in [2.45, 2.75) is 48.7 Å². The molecule has 0 aromatic carbocycles. The molecule has 0 N–H and O–H groups in total. The lowest BCUT2D eigenvalue weighted by molar-refractivity contribution is 0.863. The van der Waals surface area contributed by atoms with Crippen molar-refractivity contribution >= 4 is 39.9 Å². The van der Waals surface area contributed by atoms with Crippen LogP contribution in [0, 0.1) is 0 Å². The molecule has 0 rings (SSSR count). The summed E-state index contributed by atoms with van der Waals surface area (Å²) in [5, 5.41) is 0. The Morgan fingerprint density at radius 3 is 1.00 bits per heavy atom. The minimum Gasteiger partial charge on any atom is -0.0894 e. The molecule has 0 radical (unpaired) electrons. The van der Waals surface area contributed by atoms with E-state index in [1.807, 2.05) is 0 Å². The van der Waals surface area contributed by atoms with Gasteiger partial charge in [0.05, 0.1) is 8.07 Å². The van der Waals surface area contributed by atoms with Gasteiger partial charge in [0, 0.05) is 7.90 Å². The Kier molecular flexibility index (Phi) is 3.48. The summed E-state index contributed by atoms with van der Waals surface area (Å²) >= 11 is 7.54. The van der Waals surface area contributed by atoms with Gasteiger partial charge < -0.3 is 0 Å². The van der Waals surface area contributed by atoms with Crippen molar-refractivity contribution in [2.75, 3.05) is 0 Å². The molecule has 0 atom stereocenters. The highest BCUT2D eigenvalue weighted by Gasteiger charge is 2.47. The first-order valence-corrected chi connectivity index (χ1v) is 8.46. The van der Waals surface area contributed by atoms with Gasteiger partial charge >= 0.3 is 0 Å². The van der Waals surface area contributed by atoms with Gasteiger partial charge in [-0.05, 0) is 0 Å². The number of rotatable bonds is 2. The molecule has 3 heteroatoms. The molecule has 0 nitrogen and oxygen atoms in total. The van der Waals surface area contributed by atoms with Crippen LogP contribution in [0.15, 0.2) is 0 Å². The smallest absolute Gasteiger partial charge is 0.0835 e. The second-order valence-corrected chi connectivity index (χ2v) is 15.7. The van der Waals surface area contributed by atoms with Gasteiger partial charge in [0.1, 0.15) is 0 Å². The number of alkyl halides is 2. The Labute approximate surface area is 88.4 Å². The molecule has 0 bridgehead atoms. The van der Waals surface area contributed by atoms with Gasteiger partial charge in [0.25, 0.3) is 0 Å². The number of hydrogen-bond donors (Lipinski definition) is 0. The lowest BCUT2D eigenvalue weighted by Crippen LogP contribution is -2.58. The fraction of sp³-hybridized carbons (Fsp3) is 1.00. The average Bonchev–Trinajstić information content (AvgIpc) is 1.58. The summed E-state index contributed by atoms with van der Waals surface area (Å²) in [4.78, 5) is 0. The fourth-order valence-electron chi connectivity index (χ4n) is 0.707. The van der Waals surface area contributed by atoms with Crippen molar-refractivity contribution in [2.24, 2.45) is 0 Å². The van der Waals surface area contributed by atoms with Crippen LogP contribution in [0.25, 0.3) is 0 Å². The third-order valence-electron chi connectivity index (χ3n) is 2.97. The summed E-state index contributed by atoms with van der Waals surface area (Å²) in [5.41, 5.74) is 0. The van der Waals surface area contributed by atoms with E-state index >= 15 is 0 Å². The highest BCUT2D eigenvalue weighted by molar-refractivity contribution is 9.11. The molecule has 0 spiro atoms. The lowest BCUT2D eigenvalue weighted by atomic mass is 10.5. The monoisotopic (exact) mass is 300 g/mol. The standard InChI is InChI=1S/C8H18Br2Si/c1-7(2,9)11(5,6)8(3,4)10/h1-6H3. The van der Waals surface area contributed by atoms with E-state index in [1.54, 1.807) is 0 Å². The Bertz CT molecular complexity index is 123. The van der Waals surface area contributed by atoms with E-state index in [4.69, 9.17) is 0 Å². The molecular weight excluding hydrogens is 284 g/mol. The van der Waals surface area contributed by atoms with Gasteiger partial charge in [-0.15, -0.1) is 0 Å². The highest BCUT2D eigenvalue weighted by Crippen LogP contribution is 2.41. The van der Waals surface area contributed by atoms with Crippen molar-refractivity contribution in [3.8, 4) is 0 Å². The van der Waals surface area contributed by atoms with Crippen LogP contribution in [0.4, 0.5) is 0 Å². The zero-order valence-electron chi connectivity index (χ0n) is 8.26. The summed E-state index contributed by atoms with van der Waals surface area (Å²) in [7, 11) is -1.27. The molecule has 0 unspecified atom stereocenters. The van der Waals surface area contributed by atoms with Crippen molar-refractivity contribution in [1.82, 2.24) is 0 Å². The highest BCUT2D eigenvalue weighted by atomic mass is 79.9. The predicted octanol–water partition coefficient (Wildman–Crippen LogP) is 4.12. The van der Waals surface area contributed by atoms with Crippen molar-refractivity contribution in [1.29, 1.82) is 0 Å². The predicted molar refractivity (Wildman–Crippen MR) is 63.5 cm³/mol. The van der Waals surface area contributed by atoms with E-state index in [0.29, 0.717) is 0 Å². The molecular formula is C8H18Br2Si. The summed E-state index contributed by atoms with van der Waals surface area (Å²) < 4.78 is 0.569. The van der Waals surface area contributed by atoms with Crippen molar-refractivity contribution in [3.63, 3.8) is 0 Å². The van der Waals surface area contributed by atoms with Crippen molar-refractivity contribution < 1.29 is 0 Å². The van der Waals surface area contributed by atoms with Gasteiger partial charge in [-0.3, -0.25) is 0 Å².